The monoisotopic (exact) mass is 335 g/mol. The molecule has 0 heterocycles. The minimum atomic E-state index is -0.638. The van der Waals surface area contributed by atoms with Crippen LogP contribution in [0.5, 0.6) is 0 Å². The van der Waals surface area contributed by atoms with Crippen molar-refractivity contribution >= 4 is 11.8 Å². The summed E-state index contributed by atoms with van der Waals surface area (Å²) in [7, 11) is 0. The third-order valence-corrected chi connectivity index (χ3v) is 4.67. The van der Waals surface area contributed by atoms with Crippen molar-refractivity contribution in [1.29, 1.82) is 0 Å². The smallest absolute Gasteiger partial charge is 0.239 e. The second kappa shape index (κ2) is 7.75. The molecule has 0 aromatic heterocycles. The number of hydrogen-bond acceptors (Lipinski definition) is 3. The maximum Gasteiger partial charge on any atom is 0.239 e. The molecule has 6 heteroatoms. The predicted molar refractivity (Wildman–Crippen MR) is 90.6 cm³/mol. The van der Waals surface area contributed by atoms with Crippen LogP contribution in [0, 0.1) is 17.7 Å². The Labute approximate surface area is 142 Å². The van der Waals surface area contributed by atoms with Gasteiger partial charge in [-0.1, -0.05) is 32.9 Å². The van der Waals surface area contributed by atoms with Crippen molar-refractivity contribution in [3.63, 3.8) is 0 Å². The average Bonchev–Trinajstić information content (AvgIpc) is 2.54. The fraction of sp³-hybridized carbons (Fsp3) is 0.556. The zero-order valence-corrected chi connectivity index (χ0v) is 14.4. The van der Waals surface area contributed by atoms with E-state index in [0.717, 1.165) is 12.0 Å². The van der Waals surface area contributed by atoms with Crippen molar-refractivity contribution < 1.29 is 14.0 Å². The first-order valence-electron chi connectivity index (χ1n) is 8.41. The molecule has 2 unspecified atom stereocenters. The summed E-state index contributed by atoms with van der Waals surface area (Å²) in [5.74, 6) is -0.662. The largest absolute Gasteiger partial charge is 0.347 e. The van der Waals surface area contributed by atoms with Gasteiger partial charge in [0.05, 0.1) is 18.6 Å². The van der Waals surface area contributed by atoms with E-state index in [9.17, 15) is 14.0 Å². The van der Waals surface area contributed by atoms with Gasteiger partial charge in [-0.05, 0) is 41.9 Å². The van der Waals surface area contributed by atoms with E-state index in [4.69, 9.17) is 5.73 Å². The van der Waals surface area contributed by atoms with Crippen LogP contribution in [0.2, 0.25) is 0 Å². The maximum atomic E-state index is 13.9. The van der Waals surface area contributed by atoms with Crippen LogP contribution in [0.3, 0.4) is 0 Å². The third-order valence-electron chi connectivity index (χ3n) is 4.67. The van der Waals surface area contributed by atoms with E-state index in [2.05, 4.69) is 10.6 Å². The minimum Gasteiger partial charge on any atom is -0.347 e. The first kappa shape index (κ1) is 18.4. The average molecular weight is 335 g/mol. The molecule has 4 N–H and O–H groups in total. The van der Waals surface area contributed by atoms with Gasteiger partial charge in [-0.15, -0.1) is 0 Å². The van der Waals surface area contributed by atoms with Crippen LogP contribution in [0.4, 0.5) is 4.39 Å². The van der Waals surface area contributed by atoms with E-state index in [1.54, 1.807) is 6.07 Å². The first-order valence-corrected chi connectivity index (χ1v) is 8.41. The molecule has 1 aromatic carbocycles. The third kappa shape index (κ3) is 4.12. The Morgan fingerprint density at radius 3 is 2.75 bits per heavy atom. The van der Waals surface area contributed by atoms with Gasteiger partial charge in [-0.25, -0.2) is 4.39 Å². The first-order chi connectivity index (χ1) is 11.3. The van der Waals surface area contributed by atoms with Crippen LogP contribution in [0.15, 0.2) is 18.2 Å². The molecule has 2 rings (SSSR count). The number of rotatable bonds is 5. The maximum absolute atomic E-state index is 13.9. The van der Waals surface area contributed by atoms with Crippen molar-refractivity contribution in [2.45, 2.75) is 45.7 Å². The Bertz CT molecular complexity index is 618. The molecular weight excluding hydrogens is 309 g/mol. The molecule has 0 saturated heterocycles. The van der Waals surface area contributed by atoms with Crippen molar-refractivity contribution in [2.24, 2.45) is 17.6 Å². The Hall–Kier alpha value is -1.95. The van der Waals surface area contributed by atoms with Crippen molar-refractivity contribution in [1.82, 2.24) is 10.6 Å². The number of nitrogens with two attached hydrogens (primary N) is 1. The summed E-state index contributed by atoms with van der Waals surface area (Å²) in [5, 5.41) is 5.47. The lowest BCUT2D eigenvalue weighted by atomic mass is 9.80. The number of benzene rings is 1. The van der Waals surface area contributed by atoms with Crippen LogP contribution in [0.1, 0.15) is 44.4 Å². The van der Waals surface area contributed by atoms with Crippen LogP contribution in [0.25, 0.3) is 0 Å². The van der Waals surface area contributed by atoms with Gasteiger partial charge in [0, 0.05) is 0 Å². The normalized spacial score (nSPS) is 21.1. The van der Waals surface area contributed by atoms with E-state index >= 15 is 0 Å². The molecule has 1 aliphatic carbocycles. The van der Waals surface area contributed by atoms with Crippen LogP contribution < -0.4 is 16.4 Å². The molecule has 0 radical (unpaired) electrons. The number of carbonyl (C=O) groups excluding carboxylic acids is 2. The highest BCUT2D eigenvalue weighted by atomic mass is 19.1. The number of fused-ring (bicyclic) bond motifs is 1. The van der Waals surface area contributed by atoms with Crippen LogP contribution >= 0.6 is 0 Å². The molecule has 0 saturated carbocycles. The molecule has 2 amide bonds. The fourth-order valence-electron chi connectivity index (χ4n) is 3.01. The molecule has 0 fully saturated rings. The van der Waals surface area contributed by atoms with Crippen molar-refractivity contribution in [2.75, 3.05) is 6.54 Å². The highest BCUT2D eigenvalue weighted by molar-refractivity contribution is 5.87. The SMILES string of the molecule is CC1CCc2c(F)cccc2C1NC(=O)CNC(=O)[C@@H](N)C(C)C. The van der Waals surface area contributed by atoms with E-state index in [-0.39, 0.29) is 42.1 Å². The summed E-state index contributed by atoms with van der Waals surface area (Å²) in [6.45, 7) is 5.60. The van der Waals surface area contributed by atoms with Gasteiger partial charge in [-0.3, -0.25) is 9.59 Å². The summed E-state index contributed by atoms with van der Waals surface area (Å²) in [5.41, 5.74) is 7.25. The molecule has 0 bridgehead atoms. The van der Waals surface area contributed by atoms with Gasteiger partial charge in [0.15, 0.2) is 0 Å². The zero-order chi connectivity index (χ0) is 17.9. The van der Waals surface area contributed by atoms with Gasteiger partial charge in [0.2, 0.25) is 11.8 Å². The molecule has 0 spiro atoms. The van der Waals surface area contributed by atoms with Gasteiger partial charge in [-0.2, -0.15) is 0 Å². The number of amides is 2. The fourth-order valence-corrected chi connectivity index (χ4v) is 3.01. The molecule has 0 aliphatic heterocycles. The van der Waals surface area contributed by atoms with E-state index < -0.39 is 6.04 Å². The Morgan fingerprint density at radius 1 is 1.38 bits per heavy atom. The summed E-state index contributed by atoms with van der Waals surface area (Å²) in [4.78, 5) is 24.0. The number of hydrogen-bond donors (Lipinski definition) is 3. The minimum absolute atomic E-state index is 0.00119. The predicted octanol–water partition coefficient (Wildman–Crippen LogP) is 1.66. The summed E-state index contributed by atoms with van der Waals surface area (Å²) in [6, 6.07) is 4.08. The van der Waals surface area contributed by atoms with Crippen molar-refractivity contribution in [3.05, 3.63) is 35.1 Å². The lowest BCUT2D eigenvalue weighted by molar-refractivity contribution is -0.127. The van der Waals surface area contributed by atoms with Gasteiger partial charge < -0.3 is 16.4 Å². The van der Waals surface area contributed by atoms with Crippen LogP contribution in [-0.2, 0) is 16.0 Å². The Kier molecular flexibility index (Phi) is 5.94. The molecule has 1 aliphatic rings. The quantitative estimate of drug-likeness (QED) is 0.765. The van der Waals surface area contributed by atoms with Gasteiger partial charge >= 0.3 is 0 Å². The topological polar surface area (TPSA) is 84.2 Å². The van der Waals surface area contributed by atoms with E-state index in [0.29, 0.717) is 12.0 Å². The molecule has 1 aromatic rings. The standard InChI is InChI=1S/C18H26FN3O2/c1-10(2)16(20)18(24)21-9-15(23)22-17-11(3)7-8-12-13(17)5-4-6-14(12)19/h4-6,10-11,16-17H,7-9,20H2,1-3H3,(H,21,24)(H,22,23)/t11?,16-,17?/m0/s1. The van der Waals surface area contributed by atoms with Gasteiger partial charge in [0.25, 0.3) is 0 Å². The number of halogens is 1. The molecular formula is C18H26FN3O2. The van der Waals surface area contributed by atoms with Gasteiger partial charge in [0.1, 0.15) is 5.82 Å². The zero-order valence-electron chi connectivity index (χ0n) is 14.4. The van der Waals surface area contributed by atoms with Crippen molar-refractivity contribution in [3.8, 4) is 0 Å². The lowest BCUT2D eigenvalue weighted by Gasteiger charge is -2.32. The summed E-state index contributed by atoms with van der Waals surface area (Å²) in [6.07, 6.45) is 1.49. The molecule has 132 valence electrons. The second-order valence-corrected chi connectivity index (χ2v) is 6.86. The summed E-state index contributed by atoms with van der Waals surface area (Å²) < 4.78 is 13.9. The summed E-state index contributed by atoms with van der Waals surface area (Å²) >= 11 is 0. The lowest BCUT2D eigenvalue weighted by Crippen LogP contribution is -2.48. The Balaban J connectivity index is 1.99. The van der Waals surface area contributed by atoms with E-state index in [1.807, 2.05) is 26.8 Å². The highest BCUT2D eigenvalue weighted by Crippen LogP contribution is 2.35. The Morgan fingerprint density at radius 2 is 2.08 bits per heavy atom. The second-order valence-electron chi connectivity index (χ2n) is 6.86. The molecule has 3 atom stereocenters. The van der Waals surface area contributed by atoms with E-state index in [1.165, 1.54) is 6.07 Å². The van der Waals surface area contributed by atoms with Crippen LogP contribution in [-0.4, -0.2) is 24.4 Å². The molecule has 24 heavy (non-hydrogen) atoms. The highest BCUT2D eigenvalue weighted by Gasteiger charge is 2.29. The molecule has 5 nitrogen and oxygen atoms in total. The number of carbonyl (C=O) groups is 2. The number of nitrogens with one attached hydrogen (secondary N) is 2.